The smallest absolute Gasteiger partial charge is 0.119 e. The number of halogens is 1. The summed E-state index contributed by atoms with van der Waals surface area (Å²) in [7, 11) is 0. The van der Waals surface area contributed by atoms with Gasteiger partial charge in [-0.1, -0.05) is 72.2 Å². The summed E-state index contributed by atoms with van der Waals surface area (Å²) in [6.07, 6.45) is -0.543. The fraction of sp³-hybridized carbons (Fsp3) is 0.308. The molecule has 0 aliphatic rings. The van der Waals surface area contributed by atoms with Gasteiger partial charge in [-0.2, -0.15) is 0 Å². The molecular weight excluding hydrogens is 470 g/mol. The normalized spacial score (nSPS) is 12.5. The third-order valence-electron chi connectivity index (χ3n) is 5.26. The lowest BCUT2D eigenvalue weighted by molar-refractivity contribution is 0.107. The van der Waals surface area contributed by atoms with Gasteiger partial charge in [0.25, 0.3) is 0 Å². The minimum Gasteiger partial charge on any atom is -0.491 e. The predicted molar refractivity (Wildman–Crippen MR) is 134 cm³/mol. The van der Waals surface area contributed by atoms with E-state index in [1.165, 1.54) is 16.0 Å². The average molecular weight is 501 g/mol. The number of hydrogen-bond donors (Lipinski definition) is 2. The Morgan fingerprint density at radius 3 is 2.26 bits per heavy atom. The zero-order valence-electron chi connectivity index (χ0n) is 18.1. The van der Waals surface area contributed by atoms with E-state index in [1.54, 1.807) is 11.8 Å². The maximum Gasteiger partial charge on any atom is 0.119 e. The fourth-order valence-electron chi connectivity index (χ4n) is 3.28. The Morgan fingerprint density at radius 1 is 0.935 bits per heavy atom. The Morgan fingerprint density at radius 2 is 1.58 bits per heavy atom. The fourth-order valence-corrected chi connectivity index (χ4v) is 4.36. The van der Waals surface area contributed by atoms with Crippen LogP contribution in [0.4, 0.5) is 0 Å². The summed E-state index contributed by atoms with van der Waals surface area (Å²) in [5.41, 5.74) is 2.44. The van der Waals surface area contributed by atoms with E-state index in [-0.39, 0.29) is 12.0 Å². The highest BCUT2D eigenvalue weighted by atomic mass is 79.9. The van der Waals surface area contributed by atoms with Crippen LogP contribution in [-0.4, -0.2) is 36.7 Å². The molecule has 0 bridgehead atoms. The summed E-state index contributed by atoms with van der Waals surface area (Å²) >= 11 is 5.24. The third-order valence-corrected chi connectivity index (χ3v) is 6.80. The SMILES string of the molecule is CC(C)(c1ccccc1)c1ccc(OC[C@@H](O)CNCCSc2ccc(Br)cc2)cc1. The molecule has 0 saturated heterocycles. The number of rotatable bonds is 11. The molecule has 164 valence electrons. The standard InChI is InChI=1S/C26H30BrNO2S/c1-26(2,20-6-4-3-5-7-20)21-8-12-24(13-9-21)30-19-23(29)18-28-16-17-31-25-14-10-22(27)11-15-25/h3-15,23,28-29H,16-19H2,1-2H3/t23-/m0/s1. The van der Waals surface area contributed by atoms with Crippen LogP contribution in [0.3, 0.4) is 0 Å². The van der Waals surface area contributed by atoms with Crippen LogP contribution in [0, 0.1) is 0 Å². The second-order valence-electron chi connectivity index (χ2n) is 7.99. The lowest BCUT2D eigenvalue weighted by Crippen LogP contribution is -2.32. The van der Waals surface area contributed by atoms with Crippen molar-refractivity contribution in [1.29, 1.82) is 0 Å². The first kappa shape index (κ1) is 23.9. The highest BCUT2D eigenvalue weighted by Crippen LogP contribution is 2.32. The van der Waals surface area contributed by atoms with Crippen molar-refractivity contribution in [1.82, 2.24) is 5.32 Å². The Kier molecular flexibility index (Phi) is 9.02. The van der Waals surface area contributed by atoms with Crippen LogP contribution < -0.4 is 10.1 Å². The van der Waals surface area contributed by atoms with Gasteiger partial charge in [0.2, 0.25) is 0 Å². The van der Waals surface area contributed by atoms with Crippen LogP contribution in [0.25, 0.3) is 0 Å². The minimum absolute atomic E-state index is 0.0719. The van der Waals surface area contributed by atoms with Gasteiger partial charge in [0.15, 0.2) is 0 Å². The van der Waals surface area contributed by atoms with E-state index in [0.717, 1.165) is 22.5 Å². The van der Waals surface area contributed by atoms with E-state index in [9.17, 15) is 5.11 Å². The molecule has 0 aromatic heterocycles. The van der Waals surface area contributed by atoms with Gasteiger partial charge in [-0.05, 0) is 47.5 Å². The van der Waals surface area contributed by atoms with E-state index in [0.29, 0.717) is 6.54 Å². The predicted octanol–water partition coefficient (Wildman–Crippen LogP) is 5.90. The lowest BCUT2D eigenvalue weighted by Gasteiger charge is -2.26. The molecule has 0 saturated carbocycles. The van der Waals surface area contributed by atoms with Crippen molar-refractivity contribution in [3.8, 4) is 5.75 Å². The molecule has 3 rings (SSSR count). The van der Waals surface area contributed by atoms with Crippen molar-refractivity contribution in [2.45, 2.75) is 30.3 Å². The van der Waals surface area contributed by atoms with Gasteiger partial charge in [0.1, 0.15) is 18.5 Å². The van der Waals surface area contributed by atoms with Crippen LogP contribution in [0.15, 0.2) is 88.2 Å². The van der Waals surface area contributed by atoms with Crippen molar-refractivity contribution < 1.29 is 9.84 Å². The Balaban J connectivity index is 1.37. The largest absolute Gasteiger partial charge is 0.491 e. The van der Waals surface area contributed by atoms with Crippen LogP contribution in [0.5, 0.6) is 5.75 Å². The molecular formula is C26H30BrNO2S. The summed E-state index contributed by atoms with van der Waals surface area (Å²) < 4.78 is 6.87. The molecule has 3 aromatic rings. The Labute approximate surface area is 198 Å². The third kappa shape index (κ3) is 7.39. The van der Waals surface area contributed by atoms with Crippen LogP contribution in [-0.2, 0) is 5.41 Å². The summed E-state index contributed by atoms with van der Waals surface area (Å²) in [5.74, 6) is 1.73. The molecule has 0 fully saturated rings. The zero-order chi connectivity index (χ0) is 22.1. The maximum absolute atomic E-state index is 10.2. The summed E-state index contributed by atoms with van der Waals surface area (Å²) in [4.78, 5) is 1.24. The quantitative estimate of drug-likeness (QED) is 0.254. The van der Waals surface area contributed by atoms with Crippen LogP contribution in [0.1, 0.15) is 25.0 Å². The van der Waals surface area contributed by atoms with Crippen LogP contribution >= 0.6 is 27.7 Å². The molecule has 3 aromatic carbocycles. The molecule has 3 nitrogen and oxygen atoms in total. The van der Waals surface area contributed by atoms with E-state index in [1.807, 2.05) is 30.3 Å². The molecule has 1 atom stereocenters. The monoisotopic (exact) mass is 499 g/mol. The Bertz CT molecular complexity index is 914. The van der Waals surface area contributed by atoms with Gasteiger partial charge in [-0.25, -0.2) is 0 Å². The number of benzene rings is 3. The second kappa shape index (κ2) is 11.7. The van der Waals surface area contributed by atoms with E-state index >= 15 is 0 Å². The number of ether oxygens (including phenoxy) is 1. The number of aliphatic hydroxyl groups excluding tert-OH is 1. The van der Waals surface area contributed by atoms with Gasteiger partial charge < -0.3 is 15.2 Å². The molecule has 0 aliphatic carbocycles. The van der Waals surface area contributed by atoms with E-state index < -0.39 is 6.10 Å². The lowest BCUT2D eigenvalue weighted by atomic mass is 9.78. The topological polar surface area (TPSA) is 41.5 Å². The molecule has 0 aliphatic heterocycles. The number of thioether (sulfide) groups is 1. The van der Waals surface area contributed by atoms with Gasteiger partial charge in [-0.3, -0.25) is 0 Å². The van der Waals surface area contributed by atoms with Gasteiger partial charge in [0.05, 0.1) is 0 Å². The molecule has 0 radical (unpaired) electrons. The van der Waals surface area contributed by atoms with E-state index in [2.05, 4.69) is 83.6 Å². The first-order valence-electron chi connectivity index (χ1n) is 10.5. The molecule has 0 spiro atoms. The number of hydrogen-bond acceptors (Lipinski definition) is 4. The Hall–Kier alpha value is -1.79. The van der Waals surface area contributed by atoms with Gasteiger partial charge in [-0.15, -0.1) is 11.8 Å². The van der Waals surface area contributed by atoms with Crippen molar-refractivity contribution in [3.05, 3.63) is 94.5 Å². The number of aliphatic hydroxyl groups is 1. The molecule has 31 heavy (non-hydrogen) atoms. The highest BCUT2D eigenvalue weighted by Gasteiger charge is 2.22. The average Bonchev–Trinajstić information content (AvgIpc) is 2.79. The van der Waals surface area contributed by atoms with Crippen molar-refractivity contribution in [2.75, 3.05) is 25.4 Å². The maximum atomic E-state index is 10.2. The van der Waals surface area contributed by atoms with Crippen molar-refractivity contribution in [2.24, 2.45) is 0 Å². The van der Waals surface area contributed by atoms with Crippen molar-refractivity contribution >= 4 is 27.7 Å². The van der Waals surface area contributed by atoms with Crippen molar-refractivity contribution in [3.63, 3.8) is 0 Å². The molecule has 0 amide bonds. The van der Waals surface area contributed by atoms with E-state index in [4.69, 9.17) is 4.74 Å². The van der Waals surface area contributed by atoms with Gasteiger partial charge >= 0.3 is 0 Å². The summed E-state index contributed by atoms with van der Waals surface area (Å²) in [5, 5.41) is 13.5. The second-order valence-corrected chi connectivity index (χ2v) is 10.1. The number of nitrogens with one attached hydrogen (secondary N) is 1. The molecule has 0 unspecified atom stereocenters. The first-order chi connectivity index (χ1) is 14.9. The summed E-state index contributed by atoms with van der Waals surface area (Å²) in [6.45, 7) is 6.07. The first-order valence-corrected chi connectivity index (χ1v) is 12.3. The molecule has 5 heteroatoms. The zero-order valence-corrected chi connectivity index (χ0v) is 20.5. The van der Waals surface area contributed by atoms with Gasteiger partial charge in [0, 0.05) is 33.6 Å². The van der Waals surface area contributed by atoms with Crippen LogP contribution in [0.2, 0.25) is 0 Å². The molecule has 0 heterocycles. The minimum atomic E-state index is -0.543. The summed E-state index contributed by atoms with van der Waals surface area (Å²) in [6, 6.07) is 27.0. The molecule has 2 N–H and O–H groups in total. The highest BCUT2D eigenvalue weighted by molar-refractivity contribution is 9.10.